The largest absolute Gasteiger partial charge is 0.458 e. The number of nitrogens with zero attached hydrogens (tertiary/aromatic N) is 5. The van der Waals surface area contributed by atoms with Crippen LogP contribution in [0.1, 0.15) is 105 Å². The Bertz CT molecular complexity index is 6490. The first-order valence-electron chi connectivity index (χ1n) is 42.4. The van der Waals surface area contributed by atoms with Crippen molar-refractivity contribution in [2.24, 2.45) is 0 Å². The molecule has 4 aliphatic heterocycles. The second kappa shape index (κ2) is 29.2. The van der Waals surface area contributed by atoms with Gasteiger partial charge in [0.2, 0.25) is 0 Å². The van der Waals surface area contributed by atoms with Crippen molar-refractivity contribution in [3.8, 4) is 56.0 Å². The van der Waals surface area contributed by atoms with E-state index in [9.17, 15) is 0 Å². The molecule has 0 fully saturated rings. The summed E-state index contributed by atoms with van der Waals surface area (Å²) in [5.74, 6) is 1.58. The van der Waals surface area contributed by atoms with Crippen LogP contribution in [0.25, 0.3) is 44.5 Å². The van der Waals surface area contributed by atoms with E-state index in [4.69, 9.17) is 4.74 Å². The highest BCUT2D eigenvalue weighted by molar-refractivity contribution is 7.02. The molecule has 0 amide bonds. The zero-order valence-corrected chi connectivity index (χ0v) is 70.5. The molecule has 0 aliphatic carbocycles. The van der Waals surface area contributed by atoms with E-state index in [1.54, 1.807) is 0 Å². The standard InChI is InChI=1S/C112H97B2N5O/c1-109(2,3)78-60-52-74(53-61-78)88-42-25-29-48-96(88)116(84-38-21-15-22-39-84)87-70-103-107-105(71-87)120-104-73-100-94(72-95(104)114(107)93-47-28-32-51-99(93)118(103)97-49-30-26-43-89(97)75-54-62-79(63-55-75)110(4,5)6)113-92-46-27-31-50-98(92)117(85-40-23-16-24-41-85)101-68-86(115(82-34-17-13-18-35-82)83-36-19-14-20-37-83)69-102(106(101)113)119(100)108-90(76-56-64-80(65-57-76)111(7,8)9)44-33-45-91(108)77-58-66-81(67-59-77)112(10,11)12/h13-73H,1-12H3. The number of fused-ring (bicyclic) bond motifs is 8. The van der Waals surface area contributed by atoms with Crippen molar-refractivity contribution < 1.29 is 4.74 Å². The van der Waals surface area contributed by atoms with E-state index in [0.717, 1.165) is 152 Å². The highest BCUT2D eigenvalue weighted by Crippen LogP contribution is 2.56. The van der Waals surface area contributed by atoms with Gasteiger partial charge >= 0.3 is 0 Å². The van der Waals surface area contributed by atoms with Crippen molar-refractivity contribution >= 4 is 132 Å². The molecule has 0 saturated carbocycles. The molecule has 20 rings (SSSR count). The molecule has 4 heterocycles. The van der Waals surface area contributed by atoms with E-state index in [-0.39, 0.29) is 35.1 Å². The topological polar surface area (TPSA) is 25.4 Å². The fourth-order valence-electron chi connectivity index (χ4n) is 19.0. The maximum Gasteiger partial charge on any atom is 0.256 e. The molecular weight excluding hydrogens is 1450 g/mol. The number of hydrogen-bond donors (Lipinski definition) is 0. The third-order valence-corrected chi connectivity index (χ3v) is 25.1. The smallest absolute Gasteiger partial charge is 0.256 e. The number of rotatable bonds is 13. The second-order valence-electron chi connectivity index (χ2n) is 36.9. The fraction of sp³-hybridized carbons (Fsp3) is 0.143. The number of benzene rings is 16. The van der Waals surface area contributed by atoms with Crippen LogP contribution in [0.5, 0.6) is 11.5 Å². The summed E-state index contributed by atoms with van der Waals surface area (Å²) in [6.45, 7) is 27.0. The van der Waals surface area contributed by atoms with E-state index in [1.165, 1.54) is 44.1 Å². The summed E-state index contributed by atoms with van der Waals surface area (Å²) in [7, 11) is 0. The number of hydrogen-bond acceptors (Lipinski definition) is 6. The van der Waals surface area contributed by atoms with Crippen LogP contribution >= 0.6 is 0 Å². The molecule has 16 aromatic carbocycles. The lowest BCUT2D eigenvalue weighted by molar-refractivity contribution is 0.488. The van der Waals surface area contributed by atoms with Gasteiger partial charge < -0.3 is 29.2 Å². The zero-order chi connectivity index (χ0) is 82.1. The molecule has 0 spiro atoms. The second-order valence-corrected chi connectivity index (χ2v) is 36.9. The lowest BCUT2D eigenvalue weighted by Gasteiger charge is -2.46. The Labute approximate surface area is 709 Å². The molecular formula is C112H97B2N5O. The Morgan fingerprint density at radius 1 is 0.233 bits per heavy atom. The van der Waals surface area contributed by atoms with Gasteiger partial charge in [-0.3, -0.25) is 0 Å². The highest BCUT2D eigenvalue weighted by atomic mass is 16.5. The predicted octanol–water partition coefficient (Wildman–Crippen LogP) is 27.0. The molecule has 0 atom stereocenters. The van der Waals surface area contributed by atoms with E-state index in [2.05, 4.69) is 478 Å². The number of anilines is 15. The van der Waals surface area contributed by atoms with Gasteiger partial charge in [-0.25, -0.2) is 0 Å². The lowest BCUT2D eigenvalue weighted by Crippen LogP contribution is -2.64. The molecule has 582 valence electrons. The Morgan fingerprint density at radius 3 is 1.09 bits per heavy atom. The molecule has 16 aromatic rings. The molecule has 120 heavy (non-hydrogen) atoms. The molecule has 0 saturated heterocycles. The first-order valence-corrected chi connectivity index (χ1v) is 42.4. The first kappa shape index (κ1) is 75.2. The average Bonchev–Trinajstić information content (AvgIpc) is 0.683. The minimum atomic E-state index is -0.310. The summed E-state index contributed by atoms with van der Waals surface area (Å²) in [4.78, 5) is 12.7. The monoisotopic (exact) mass is 1550 g/mol. The summed E-state index contributed by atoms with van der Waals surface area (Å²) in [6.07, 6.45) is 0. The number of ether oxygens (including phenoxy) is 1. The van der Waals surface area contributed by atoms with Gasteiger partial charge in [-0.1, -0.05) is 350 Å². The molecule has 0 N–H and O–H groups in total. The summed E-state index contributed by atoms with van der Waals surface area (Å²) in [6, 6.07) is 139. The zero-order valence-electron chi connectivity index (χ0n) is 70.5. The van der Waals surface area contributed by atoms with Crippen LogP contribution in [0.4, 0.5) is 85.3 Å². The van der Waals surface area contributed by atoms with Crippen LogP contribution in [0, 0.1) is 0 Å². The van der Waals surface area contributed by atoms with Gasteiger partial charge in [0, 0.05) is 91.3 Å². The van der Waals surface area contributed by atoms with Crippen molar-refractivity contribution in [2.75, 3.05) is 24.5 Å². The van der Waals surface area contributed by atoms with Gasteiger partial charge in [0.1, 0.15) is 11.5 Å². The average molecular weight is 1550 g/mol. The summed E-state index contributed by atoms with van der Waals surface area (Å²) in [5.41, 5.74) is 36.7. The van der Waals surface area contributed by atoms with E-state index in [1.807, 2.05) is 0 Å². The third-order valence-electron chi connectivity index (χ3n) is 25.1. The molecule has 0 radical (unpaired) electrons. The minimum absolute atomic E-state index is 0.0205. The van der Waals surface area contributed by atoms with Crippen molar-refractivity contribution in [3.63, 3.8) is 0 Å². The van der Waals surface area contributed by atoms with Gasteiger partial charge in [-0.05, 0) is 190 Å². The van der Waals surface area contributed by atoms with Crippen molar-refractivity contribution in [3.05, 3.63) is 392 Å². The van der Waals surface area contributed by atoms with E-state index < -0.39 is 0 Å². The summed E-state index contributed by atoms with van der Waals surface area (Å²) < 4.78 is 8.30. The van der Waals surface area contributed by atoms with Crippen molar-refractivity contribution in [1.82, 2.24) is 0 Å². The number of para-hydroxylation sites is 9. The Hall–Kier alpha value is -13.6. The highest BCUT2D eigenvalue weighted by Gasteiger charge is 2.49. The Kier molecular flexibility index (Phi) is 18.3. The normalized spacial score (nSPS) is 13.2. The van der Waals surface area contributed by atoms with E-state index in [0.29, 0.717) is 0 Å². The molecule has 0 bridgehead atoms. The minimum Gasteiger partial charge on any atom is -0.458 e. The van der Waals surface area contributed by atoms with Gasteiger partial charge in [0.25, 0.3) is 13.4 Å². The quantitative estimate of drug-likeness (QED) is 0.107. The first-order chi connectivity index (χ1) is 58.1. The fourth-order valence-corrected chi connectivity index (χ4v) is 19.0. The van der Waals surface area contributed by atoms with Gasteiger partial charge in [0.15, 0.2) is 0 Å². The van der Waals surface area contributed by atoms with E-state index >= 15 is 0 Å². The summed E-state index contributed by atoms with van der Waals surface area (Å²) in [5, 5.41) is 0. The molecule has 6 nitrogen and oxygen atoms in total. The van der Waals surface area contributed by atoms with Crippen LogP contribution < -0.4 is 62.0 Å². The Balaban J connectivity index is 0.904. The maximum absolute atomic E-state index is 8.30. The SMILES string of the molecule is CC(C)(C)c1ccc(-c2ccccc2N(c2ccccc2)c2cc3c4c(c2)N(c2ccccc2-c2ccc(C(C)(C)C)cc2)c2ccccc2B4c2cc4c(cc2O3)N(c2c(-c3ccc(C(C)(C)C)cc3)cccc2-c2ccc(C(C)(C)C)cc2)c2cc(N(c3ccccc3)c3ccccc3)cc3c2B4c2ccccc2N3c2ccccc2)cc1. The van der Waals surface area contributed by atoms with Gasteiger partial charge in [-0.2, -0.15) is 0 Å². The van der Waals surface area contributed by atoms with Crippen LogP contribution in [0.3, 0.4) is 0 Å². The Morgan fingerprint density at radius 2 is 0.600 bits per heavy atom. The lowest BCUT2D eigenvalue weighted by atomic mass is 9.30. The summed E-state index contributed by atoms with van der Waals surface area (Å²) >= 11 is 0. The van der Waals surface area contributed by atoms with Crippen molar-refractivity contribution in [1.29, 1.82) is 0 Å². The van der Waals surface area contributed by atoms with Crippen LogP contribution in [-0.2, 0) is 21.7 Å². The molecule has 4 aliphatic rings. The van der Waals surface area contributed by atoms with Crippen LogP contribution in [-0.4, -0.2) is 13.4 Å². The molecule has 0 aromatic heterocycles. The molecule has 0 unspecified atom stereocenters. The molecule has 8 heteroatoms. The predicted molar refractivity (Wildman–Crippen MR) is 512 cm³/mol. The van der Waals surface area contributed by atoms with Gasteiger partial charge in [-0.15, -0.1) is 0 Å². The van der Waals surface area contributed by atoms with Crippen molar-refractivity contribution in [2.45, 2.75) is 105 Å². The third kappa shape index (κ3) is 13.1. The van der Waals surface area contributed by atoms with Crippen LogP contribution in [0.15, 0.2) is 370 Å². The van der Waals surface area contributed by atoms with Gasteiger partial charge in [0.05, 0.1) is 28.4 Å². The maximum atomic E-state index is 8.30. The van der Waals surface area contributed by atoms with Crippen LogP contribution in [0.2, 0.25) is 0 Å².